The van der Waals surface area contributed by atoms with Crippen LogP contribution in [-0.4, -0.2) is 7.38 Å². The summed E-state index contributed by atoms with van der Waals surface area (Å²) in [5.41, 5.74) is 0. The molecule has 0 saturated heterocycles. The van der Waals surface area contributed by atoms with E-state index in [2.05, 4.69) is 53.7 Å². The standard InChI is InChI=1S/C16H29ClSi/c1-15(2,3)18(17,16(4,5)6)11-14-10-12-7-8-13(14)9-12/h7-8,12-14H,9-11H2,1-6H3. The second-order valence-corrected chi connectivity index (χ2v) is 15.5. The molecule has 0 aromatic rings. The molecule has 0 aromatic carbocycles. The van der Waals surface area contributed by atoms with Crippen LogP contribution >= 0.6 is 11.1 Å². The number of halogens is 1. The molecule has 2 heteroatoms. The first-order chi connectivity index (χ1) is 8.04. The maximum absolute atomic E-state index is 7.32. The van der Waals surface area contributed by atoms with Gasteiger partial charge >= 0.3 is 0 Å². The summed E-state index contributed by atoms with van der Waals surface area (Å²) in [5.74, 6) is 2.57. The number of allylic oxidation sites excluding steroid dienone is 2. The van der Waals surface area contributed by atoms with Crippen LogP contribution in [0.1, 0.15) is 54.4 Å². The Bertz CT molecular complexity index is 331. The Labute approximate surface area is 119 Å². The largest absolute Gasteiger partial charge is 0.167 e. The van der Waals surface area contributed by atoms with Crippen LogP contribution in [0.25, 0.3) is 0 Å². The zero-order valence-corrected chi connectivity index (χ0v) is 14.6. The van der Waals surface area contributed by atoms with Gasteiger partial charge in [-0.1, -0.05) is 53.7 Å². The van der Waals surface area contributed by atoms with Crippen LogP contribution in [0.2, 0.25) is 16.1 Å². The van der Waals surface area contributed by atoms with Crippen molar-refractivity contribution in [2.24, 2.45) is 17.8 Å². The van der Waals surface area contributed by atoms with Crippen LogP contribution in [0.5, 0.6) is 0 Å². The summed E-state index contributed by atoms with van der Waals surface area (Å²) in [6.45, 7) is 14.2. The zero-order chi connectivity index (χ0) is 13.8. The fourth-order valence-electron chi connectivity index (χ4n) is 4.23. The van der Waals surface area contributed by atoms with E-state index < -0.39 is 7.38 Å². The molecule has 0 heterocycles. The Hall–Kier alpha value is 0.247. The van der Waals surface area contributed by atoms with Gasteiger partial charge in [-0.25, -0.2) is 0 Å². The Morgan fingerprint density at radius 2 is 1.56 bits per heavy atom. The van der Waals surface area contributed by atoms with Crippen molar-refractivity contribution >= 4 is 18.5 Å². The van der Waals surface area contributed by atoms with Gasteiger partial charge in [0.05, 0.1) is 0 Å². The Morgan fingerprint density at radius 1 is 1.00 bits per heavy atom. The third-order valence-corrected chi connectivity index (χ3v) is 15.0. The number of fused-ring (bicyclic) bond motifs is 2. The number of rotatable bonds is 2. The van der Waals surface area contributed by atoms with Crippen molar-refractivity contribution in [2.45, 2.75) is 70.5 Å². The van der Waals surface area contributed by atoms with Gasteiger partial charge in [0, 0.05) is 0 Å². The molecule has 2 aliphatic rings. The lowest BCUT2D eigenvalue weighted by Crippen LogP contribution is -2.48. The number of hydrogen-bond donors (Lipinski definition) is 0. The zero-order valence-electron chi connectivity index (χ0n) is 12.9. The lowest BCUT2D eigenvalue weighted by molar-refractivity contribution is 0.470. The quantitative estimate of drug-likeness (QED) is 0.332. The molecule has 104 valence electrons. The molecule has 2 rings (SSSR count). The third kappa shape index (κ3) is 2.33. The Kier molecular flexibility index (Phi) is 3.56. The van der Waals surface area contributed by atoms with Crippen molar-refractivity contribution in [3.8, 4) is 0 Å². The maximum atomic E-state index is 7.32. The minimum absolute atomic E-state index is 0.276. The highest BCUT2D eigenvalue weighted by molar-refractivity contribution is 7.23. The predicted octanol–water partition coefficient (Wildman–Crippen LogP) is 5.98. The summed E-state index contributed by atoms with van der Waals surface area (Å²) < 4.78 is 0. The van der Waals surface area contributed by atoms with Gasteiger partial charge in [-0.05, 0) is 46.7 Å². The second-order valence-electron chi connectivity index (χ2n) is 8.55. The molecule has 0 aliphatic heterocycles. The van der Waals surface area contributed by atoms with Crippen molar-refractivity contribution < 1.29 is 0 Å². The summed E-state index contributed by atoms with van der Waals surface area (Å²) in [6.07, 6.45) is 7.71. The molecule has 0 aromatic heterocycles. The van der Waals surface area contributed by atoms with E-state index >= 15 is 0 Å². The number of hydrogen-bond acceptors (Lipinski definition) is 0. The van der Waals surface area contributed by atoms with Crippen LogP contribution < -0.4 is 0 Å². The van der Waals surface area contributed by atoms with Gasteiger partial charge in [-0.15, -0.1) is 0 Å². The van der Waals surface area contributed by atoms with E-state index in [1.54, 1.807) is 0 Å². The predicted molar refractivity (Wildman–Crippen MR) is 84.7 cm³/mol. The van der Waals surface area contributed by atoms with E-state index in [9.17, 15) is 0 Å². The minimum atomic E-state index is -1.82. The smallest absolute Gasteiger partial charge is 0.166 e. The Balaban J connectivity index is 2.19. The van der Waals surface area contributed by atoms with Crippen LogP contribution in [0.3, 0.4) is 0 Å². The molecule has 3 unspecified atom stereocenters. The van der Waals surface area contributed by atoms with Crippen LogP contribution in [0, 0.1) is 17.8 Å². The van der Waals surface area contributed by atoms with Crippen molar-refractivity contribution in [3.05, 3.63) is 12.2 Å². The average molecular weight is 285 g/mol. The van der Waals surface area contributed by atoms with Gasteiger partial charge in [0.25, 0.3) is 0 Å². The molecule has 2 bridgehead atoms. The van der Waals surface area contributed by atoms with Gasteiger partial charge in [0.15, 0.2) is 7.38 Å². The van der Waals surface area contributed by atoms with Gasteiger partial charge in [0.1, 0.15) is 0 Å². The van der Waals surface area contributed by atoms with Crippen LogP contribution in [-0.2, 0) is 0 Å². The van der Waals surface area contributed by atoms with Crippen LogP contribution in [0.15, 0.2) is 12.2 Å². The lowest BCUT2D eigenvalue weighted by Gasteiger charge is -2.48. The molecule has 1 saturated carbocycles. The summed E-state index contributed by atoms with van der Waals surface area (Å²) in [4.78, 5) is 0. The molecule has 18 heavy (non-hydrogen) atoms. The SMILES string of the molecule is CC(C)(C)[Si](Cl)(CC1CC2C=CC1C2)C(C)(C)C. The van der Waals surface area contributed by atoms with Gasteiger partial charge in [0.2, 0.25) is 0 Å². The fourth-order valence-corrected chi connectivity index (χ4v) is 9.49. The topological polar surface area (TPSA) is 0 Å². The highest BCUT2D eigenvalue weighted by atomic mass is 35.6. The minimum Gasteiger partial charge on any atom is -0.166 e. The van der Waals surface area contributed by atoms with Gasteiger partial charge < -0.3 is 0 Å². The third-order valence-electron chi connectivity index (χ3n) is 5.34. The van der Waals surface area contributed by atoms with E-state index in [1.807, 2.05) is 0 Å². The highest BCUT2D eigenvalue weighted by Gasteiger charge is 2.54. The summed E-state index contributed by atoms with van der Waals surface area (Å²) in [6, 6.07) is 1.30. The van der Waals surface area contributed by atoms with Crippen molar-refractivity contribution in [1.82, 2.24) is 0 Å². The van der Waals surface area contributed by atoms with Gasteiger partial charge in [-0.3, -0.25) is 0 Å². The normalized spacial score (nSPS) is 32.3. The first-order valence-electron chi connectivity index (χ1n) is 7.42. The molecule has 0 spiro atoms. The molecule has 0 N–H and O–H groups in total. The second kappa shape index (κ2) is 4.38. The van der Waals surface area contributed by atoms with E-state index in [-0.39, 0.29) is 10.1 Å². The first kappa shape index (κ1) is 14.7. The molecular weight excluding hydrogens is 256 g/mol. The van der Waals surface area contributed by atoms with Gasteiger partial charge in [-0.2, -0.15) is 11.1 Å². The summed E-state index contributed by atoms with van der Waals surface area (Å²) >= 11 is 7.32. The molecule has 0 amide bonds. The molecule has 0 radical (unpaired) electrons. The summed E-state index contributed by atoms with van der Waals surface area (Å²) in [5, 5.41) is 0.552. The molecular formula is C16H29ClSi. The monoisotopic (exact) mass is 284 g/mol. The van der Waals surface area contributed by atoms with E-state index in [0.717, 1.165) is 17.8 Å². The molecule has 2 aliphatic carbocycles. The molecule has 1 fully saturated rings. The average Bonchev–Trinajstić information content (AvgIpc) is 2.75. The lowest BCUT2D eigenvalue weighted by atomic mass is 9.96. The highest BCUT2D eigenvalue weighted by Crippen LogP contribution is 2.59. The van der Waals surface area contributed by atoms with E-state index in [1.165, 1.54) is 18.9 Å². The van der Waals surface area contributed by atoms with Crippen LogP contribution in [0.4, 0.5) is 0 Å². The Morgan fingerprint density at radius 3 is 1.89 bits per heavy atom. The van der Waals surface area contributed by atoms with Crippen molar-refractivity contribution in [1.29, 1.82) is 0 Å². The molecule has 3 atom stereocenters. The van der Waals surface area contributed by atoms with E-state index in [0.29, 0.717) is 0 Å². The van der Waals surface area contributed by atoms with Crippen molar-refractivity contribution in [3.63, 3.8) is 0 Å². The maximum Gasteiger partial charge on any atom is 0.167 e. The summed E-state index contributed by atoms with van der Waals surface area (Å²) in [7, 11) is -1.82. The fraction of sp³-hybridized carbons (Fsp3) is 0.875. The first-order valence-corrected chi connectivity index (χ1v) is 10.6. The van der Waals surface area contributed by atoms with Crippen molar-refractivity contribution in [2.75, 3.05) is 0 Å². The molecule has 0 nitrogen and oxygen atoms in total. The van der Waals surface area contributed by atoms with E-state index in [4.69, 9.17) is 11.1 Å².